The molecule has 6 heteroatoms. The standard InChI is InChI=1S/C22H21FN4S/c1-22(25)8-10-27(14-22)13-17-3-2-4-18(21(17)20-7-9-26-28-20)15-5-6-16(12-24)19(23)11-15/h2-7,9,11H,8,10,13-14,25H2,1H3/t22-/m1/s1. The third kappa shape index (κ3) is 3.69. The van der Waals surface area contributed by atoms with Crippen molar-refractivity contribution in [2.24, 2.45) is 5.73 Å². The molecule has 4 nitrogen and oxygen atoms in total. The molecule has 0 saturated carbocycles. The van der Waals surface area contributed by atoms with E-state index in [2.05, 4.69) is 22.3 Å². The summed E-state index contributed by atoms with van der Waals surface area (Å²) in [6.45, 7) is 4.69. The van der Waals surface area contributed by atoms with Gasteiger partial charge in [0.15, 0.2) is 0 Å². The first kappa shape index (κ1) is 18.8. The van der Waals surface area contributed by atoms with Crippen molar-refractivity contribution in [1.82, 2.24) is 9.27 Å². The fourth-order valence-corrected chi connectivity index (χ4v) is 4.53. The van der Waals surface area contributed by atoms with E-state index in [-0.39, 0.29) is 11.1 Å². The Hall–Kier alpha value is -2.59. The average molecular weight is 393 g/mol. The maximum Gasteiger partial charge on any atom is 0.141 e. The van der Waals surface area contributed by atoms with Crippen LogP contribution in [0.3, 0.4) is 0 Å². The quantitative estimate of drug-likeness (QED) is 0.714. The topological polar surface area (TPSA) is 65.9 Å². The maximum atomic E-state index is 14.3. The molecule has 1 aliphatic heterocycles. The van der Waals surface area contributed by atoms with Gasteiger partial charge in [-0.05, 0) is 59.8 Å². The Morgan fingerprint density at radius 3 is 2.82 bits per heavy atom. The van der Waals surface area contributed by atoms with Crippen LogP contribution in [0.5, 0.6) is 0 Å². The molecule has 28 heavy (non-hydrogen) atoms. The molecule has 4 rings (SSSR count). The highest BCUT2D eigenvalue weighted by Crippen LogP contribution is 2.38. The molecule has 1 fully saturated rings. The first-order valence-corrected chi connectivity index (χ1v) is 9.98. The van der Waals surface area contributed by atoms with Gasteiger partial charge in [-0.25, -0.2) is 8.76 Å². The number of halogens is 1. The summed E-state index contributed by atoms with van der Waals surface area (Å²) < 4.78 is 18.5. The molecule has 0 aliphatic carbocycles. The highest BCUT2D eigenvalue weighted by atomic mass is 32.1. The van der Waals surface area contributed by atoms with Gasteiger partial charge in [-0.2, -0.15) is 5.26 Å². The van der Waals surface area contributed by atoms with E-state index in [1.54, 1.807) is 12.3 Å². The zero-order chi connectivity index (χ0) is 19.7. The Bertz CT molecular complexity index is 1040. The molecule has 0 unspecified atom stereocenters. The van der Waals surface area contributed by atoms with Gasteiger partial charge in [-0.1, -0.05) is 24.3 Å². The van der Waals surface area contributed by atoms with E-state index < -0.39 is 5.82 Å². The van der Waals surface area contributed by atoms with Gasteiger partial charge < -0.3 is 5.73 Å². The molecule has 0 radical (unpaired) electrons. The second-order valence-corrected chi connectivity index (χ2v) is 8.47. The van der Waals surface area contributed by atoms with Crippen molar-refractivity contribution in [3.63, 3.8) is 0 Å². The molecule has 0 bridgehead atoms. The predicted molar refractivity (Wildman–Crippen MR) is 110 cm³/mol. The lowest BCUT2D eigenvalue weighted by molar-refractivity contribution is 0.310. The van der Waals surface area contributed by atoms with Crippen LogP contribution >= 0.6 is 11.5 Å². The van der Waals surface area contributed by atoms with E-state index in [0.717, 1.165) is 47.6 Å². The molecule has 0 spiro atoms. The van der Waals surface area contributed by atoms with E-state index in [1.165, 1.54) is 29.2 Å². The second kappa shape index (κ2) is 7.44. The number of nitriles is 1. The van der Waals surface area contributed by atoms with Gasteiger partial charge in [-0.15, -0.1) is 0 Å². The summed E-state index contributed by atoms with van der Waals surface area (Å²) in [5, 5.41) is 9.02. The first-order valence-electron chi connectivity index (χ1n) is 9.21. The lowest BCUT2D eigenvalue weighted by atomic mass is 9.93. The summed E-state index contributed by atoms with van der Waals surface area (Å²) in [7, 11) is 0. The van der Waals surface area contributed by atoms with E-state index in [0.29, 0.717) is 0 Å². The van der Waals surface area contributed by atoms with Crippen molar-refractivity contribution in [3.05, 3.63) is 65.6 Å². The molecule has 1 aromatic heterocycles. The Balaban J connectivity index is 1.79. The van der Waals surface area contributed by atoms with Gasteiger partial charge >= 0.3 is 0 Å². The minimum absolute atomic E-state index is 0.0542. The third-order valence-corrected chi connectivity index (χ3v) is 5.98. The minimum atomic E-state index is -0.501. The van der Waals surface area contributed by atoms with Crippen LogP contribution in [0.4, 0.5) is 4.39 Å². The van der Waals surface area contributed by atoms with Gasteiger partial charge in [-0.3, -0.25) is 4.90 Å². The highest BCUT2D eigenvalue weighted by molar-refractivity contribution is 7.09. The van der Waals surface area contributed by atoms with Gasteiger partial charge in [0.2, 0.25) is 0 Å². The number of hydrogen-bond acceptors (Lipinski definition) is 5. The van der Waals surface area contributed by atoms with E-state index in [9.17, 15) is 4.39 Å². The van der Waals surface area contributed by atoms with Crippen LogP contribution in [0.25, 0.3) is 21.6 Å². The molecule has 2 aromatic carbocycles. The van der Waals surface area contributed by atoms with Crippen LogP contribution in [0.15, 0.2) is 48.7 Å². The molecular formula is C22H21FN4S. The third-order valence-electron chi connectivity index (χ3n) is 5.21. The molecule has 1 atom stereocenters. The van der Waals surface area contributed by atoms with Gasteiger partial charge in [0, 0.05) is 36.9 Å². The Morgan fingerprint density at radius 2 is 2.18 bits per heavy atom. The molecule has 0 amide bonds. The summed E-state index contributed by atoms with van der Waals surface area (Å²) in [5.74, 6) is -0.501. The van der Waals surface area contributed by atoms with Gasteiger partial charge in [0.05, 0.1) is 10.4 Å². The lowest BCUT2D eigenvalue weighted by Crippen LogP contribution is -2.38. The zero-order valence-corrected chi connectivity index (χ0v) is 16.5. The SMILES string of the molecule is C[C@@]1(N)CCN(Cc2cccc(-c3ccc(C#N)c(F)c3)c2-c2ccns2)C1. The van der Waals surface area contributed by atoms with Crippen LogP contribution in [0.1, 0.15) is 24.5 Å². The van der Waals surface area contributed by atoms with E-state index >= 15 is 0 Å². The lowest BCUT2D eigenvalue weighted by Gasteiger charge is -2.22. The van der Waals surface area contributed by atoms with Crippen LogP contribution in [0, 0.1) is 17.1 Å². The van der Waals surface area contributed by atoms with Crippen LogP contribution in [0.2, 0.25) is 0 Å². The molecule has 2 N–H and O–H groups in total. The number of likely N-dealkylation sites (tertiary alicyclic amines) is 1. The predicted octanol–water partition coefficient (Wildman–Crippen LogP) is 4.41. The van der Waals surface area contributed by atoms with Crippen molar-refractivity contribution in [1.29, 1.82) is 5.26 Å². The summed E-state index contributed by atoms with van der Waals surface area (Å²) in [6, 6.07) is 14.8. The number of aromatic nitrogens is 1. The molecule has 1 saturated heterocycles. The minimum Gasteiger partial charge on any atom is -0.324 e. The number of nitrogens with zero attached hydrogens (tertiary/aromatic N) is 3. The van der Waals surface area contributed by atoms with Gasteiger partial charge in [0.1, 0.15) is 11.9 Å². The van der Waals surface area contributed by atoms with Crippen molar-refractivity contribution in [3.8, 4) is 27.6 Å². The maximum absolute atomic E-state index is 14.3. The van der Waals surface area contributed by atoms with Crippen LogP contribution in [-0.4, -0.2) is 27.9 Å². The van der Waals surface area contributed by atoms with Crippen molar-refractivity contribution >= 4 is 11.5 Å². The van der Waals surface area contributed by atoms with E-state index in [4.69, 9.17) is 11.0 Å². The van der Waals surface area contributed by atoms with Crippen molar-refractivity contribution in [2.75, 3.05) is 13.1 Å². The zero-order valence-electron chi connectivity index (χ0n) is 15.7. The summed E-state index contributed by atoms with van der Waals surface area (Å²) >= 11 is 1.43. The molecule has 3 aromatic rings. The summed E-state index contributed by atoms with van der Waals surface area (Å²) in [4.78, 5) is 3.41. The molecular weight excluding hydrogens is 371 g/mol. The fraction of sp³-hybridized carbons (Fsp3) is 0.273. The van der Waals surface area contributed by atoms with Gasteiger partial charge in [0.25, 0.3) is 0 Å². The Kier molecular flexibility index (Phi) is 4.98. The van der Waals surface area contributed by atoms with Crippen molar-refractivity contribution < 1.29 is 4.39 Å². The fourth-order valence-electron chi connectivity index (χ4n) is 3.84. The largest absolute Gasteiger partial charge is 0.324 e. The highest BCUT2D eigenvalue weighted by Gasteiger charge is 2.30. The monoisotopic (exact) mass is 392 g/mol. The number of hydrogen-bond donors (Lipinski definition) is 1. The normalized spacial score (nSPS) is 19.6. The number of nitrogens with two attached hydrogens (primary N) is 1. The van der Waals surface area contributed by atoms with Crippen LogP contribution < -0.4 is 5.73 Å². The molecule has 2 heterocycles. The van der Waals surface area contributed by atoms with Crippen molar-refractivity contribution in [2.45, 2.75) is 25.4 Å². The number of rotatable bonds is 4. The second-order valence-electron chi connectivity index (χ2n) is 7.64. The Morgan fingerprint density at radius 1 is 1.32 bits per heavy atom. The average Bonchev–Trinajstić information content (AvgIpc) is 3.31. The number of benzene rings is 2. The smallest absolute Gasteiger partial charge is 0.141 e. The first-order chi connectivity index (χ1) is 13.5. The van der Waals surface area contributed by atoms with Crippen LogP contribution in [-0.2, 0) is 6.54 Å². The van der Waals surface area contributed by atoms with E-state index in [1.807, 2.05) is 24.3 Å². The molecule has 1 aliphatic rings. The molecule has 142 valence electrons. The summed E-state index contributed by atoms with van der Waals surface area (Å²) in [5.41, 5.74) is 10.1. The summed E-state index contributed by atoms with van der Waals surface area (Å²) in [6.07, 6.45) is 2.76. The Labute approximate surface area is 168 Å².